The predicted octanol–water partition coefficient (Wildman–Crippen LogP) is 0.660. The highest BCUT2D eigenvalue weighted by Crippen LogP contribution is 2.20. The third-order valence-corrected chi connectivity index (χ3v) is 4.00. The van der Waals surface area contributed by atoms with Gasteiger partial charge in [-0.2, -0.15) is 0 Å². The Labute approximate surface area is 123 Å². The zero-order chi connectivity index (χ0) is 14.6. The summed E-state index contributed by atoms with van der Waals surface area (Å²) in [4.78, 5) is 11.0. The molecule has 0 bridgehead atoms. The molecule has 1 atom stereocenters. The predicted molar refractivity (Wildman–Crippen MR) is 73.8 cm³/mol. The molecule has 0 aliphatic carbocycles. The maximum Gasteiger partial charge on any atom is 0.342 e. The summed E-state index contributed by atoms with van der Waals surface area (Å²) in [5.41, 5.74) is 4.70. The number of hydrogen-bond acceptors (Lipinski definition) is 5. The number of carbonyl (C=O) groups is 1. The first-order valence-corrected chi connectivity index (χ1v) is 6.91. The Bertz CT molecular complexity index is 580. The number of carbonyl (C=O) groups excluding carboxylic acids is 1. The zero-order valence-electron chi connectivity index (χ0n) is 10.9. The van der Waals surface area contributed by atoms with Gasteiger partial charge in [0.1, 0.15) is 11.4 Å². The molecule has 9 heteroatoms. The van der Waals surface area contributed by atoms with Gasteiger partial charge >= 0.3 is 5.97 Å². The lowest BCUT2D eigenvalue weighted by Crippen LogP contribution is -2.38. The van der Waals surface area contributed by atoms with Crippen LogP contribution in [0.1, 0.15) is 17.3 Å². The maximum atomic E-state index is 13.6. The molecule has 0 amide bonds. The Morgan fingerprint density at radius 2 is 2.10 bits per heavy atom. The highest BCUT2D eigenvalue weighted by atomic mass is 35.5. The Morgan fingerprint density at radius 1 is 1.50 bits per heavy atom. The normalized spacial score (nSPS) is 12.4. The van der Waals surface area contributed by atoms with Crippen molar-refractivity contribution in [3.8, 4) is 0 Å². The standard InChI is InChI=1S/C11H15FN2O4S.ClH/c1-7(6-13)14-19(16,17)9-5-3-4-8(12)10(9)11(15)18-2;/h3-5,7,14H,6,13H2,1-2H3;1H/t7-;/m0./s1. The molecule has 0 unspecified atom stereocenters. The van der Waals surface area contributed by atoms with Crippen LogP contribution in [0.4, 0.5) is 4.39 Å². The van der Waals surface area contributed by atoms with Gasteiger partial charge in [0.25, 0.3) is 0 Å². The molecule has 0 fully saturated rings. The topological polar surface area (TPSA) is 98.5 Å². The lowest BCUT2D eigenvalue weighted by molar-refractivity contribution is 0.0590. The average molecular weight is 327 g/mol. The van der Waals surface area contributed by atoms with E-state index in [1.54, 1.807) is 6.92 Å². The van der Waals surface area contributed by atoms with Crippen LogP contribution in [-0.2, 0) is 14.8 Å². The van der Waals surface area contributed by atoms with Gasteiger partial charge < -0.3 is 10.5 Å². The molecule has 114 valence electrons. The molecular weight excluding hydrogens is 311 g/mol. The third kappa shape index (κ3) is 4.14. The molecule has 1 aromatic carbocycles. The molecule has 1 aromatic rings. The monoisotopic (exact) mass is 326 g/mol. The van der Waals surface area contributed by atoms with Crippen LogP contribution < -0.4 is 10.5 Å². The van der Waals surface area contributed by atoms with Gasteiger partial charge in [0.05, 0.1) is 12.0 Å². The number of ether oxygens (including phenoxy) is 1. The Kier molecular flexibility index (Phi) is 7.07. The smallest absolute Gasteiger partial charge is 0.342 e. The second-order valence-corrected chi connectivity index (χ2v) is 5.54. The van der Waals surface area contributed by atoms with E-state index in [1.807, 2.05) is 0 Å². The minimum atomic E-state index is -4.05. The molecule has 1 rings (SSSR count). The summed E-state index contributed by atoms with van der Waals surface area (Å²) in [7, 11) is -3.01. The lowest BCUT2D eigenvalue weighted by Gasteiger charge is -2.14. The van der Waals surface area contributed by atoms with Crippen molar-refractivity contribution in [1.29, 1.82) is 0 Å². The van der Waals surface area contributed by atoms with Gasteiger partial charge in [0.15, 0.2) is 0 Å². The number of halogens is 2. The molecule has 20 heavy (non-hydrogen) atoms. The number of benzene rings is 1. The quantitative estimate of drug-likeness (QED) is 0.774. The van der Waals surface area contributed by atoms with Crippen LogP contribution >= 0.6 is 12.4 Å². The molecule has 0 spiro atoms. The van der Waals surface area contributed by atoms with Gasteiger partial charge in [0.2, 0.25) is 10.0 Å². The highest BCUT2D eigenvalue weighted by Gasteiger charge is 2.27. The number of rotatable bonds is 5. The molecule has 0 aromatic heterocycles. The number of hydrogen-bond donors (Lipinski definition) is 2. The molecule has 6 nitrogen and oxygen atoms in total. The fourth-order valence-corrected chi connectivity index (χ4v) is 2.87. The second kappa shape index (κ2) is 7.53. The molecule has 0 aliphatic heterocycles. The second-order valence-electron chi connectivity index (χ2n) is 3.86. The van der Waals surface area contributed by atoms with E-state index < -0.39 is 38.3 Å². The summed E-state index contributed by atoms with van der Waals surface area (Å²) < 4.78 is 44.4. The summed E-state index contributed by atoms with van der Waals surface area (Å²) in [6.07, 6.45) is 0. The SMILES string of the molecule is COC(=O)c1c(F)cccc1S(=O)(=O)N[C@@H](C)CN.Cl. The largest absolute Gasteiger partial charge is 0.465 e. The molecule has 3 N–H and O–H groups in total. The molecular formula is C11H16ClFN2O4S. The van der Waals surface area contributed by atoms with Gasteiger partial charge in [-0.1, -0.05) is 6.07 Å². The van der Waals surface area contributed by atoms with Gasteiger partial charge in [-0.25, -0.2) is 22.3 Å². The van der Waals surface area contributed by atoms with Crippen LogP contribution in [-0.4, -0.2) is 34.1 Å². The fourth-order valence-electron chi connectivity index (χ4n) is 1.40. The number of sulfonamides is 1. The Hall–Kier alpha value is -1.22. The summed E-state index contributed by atoms with van der Waals surface area (Å²) >= 11 is 0. The number of methoxy groups -OCH3 is 1. The van der Waals surface area contributed by atoms with E-state index in [4.69, 9.17) is 5.73 Å². The van der Waals surface area contributed by atoms with Crippen molar-refractivity contribution in [2.75, 3.05) is 13.7 Å². The van der Waals surface area contributed by atoms with E-state index in [1.165, 1.54) is 6.07 Å². The van der Waals surface area contributed by atoms with Crippen LogP contribution in [0, 0.1) is 5.82 Å². The zero-order valence-corrected chi connectivity index (χ0v) is 12.6. The number of nitrogens with one attached hydrogen (secondary N) is 1. The van der Waals surface area contributed by atoms with Crippen LogP contribution in [0.2, 0.25) is 0 Å². The lowest BCUT2D eigenvalue weighted by atomic mass is 10.2. The number of nitrogens with two attached hydrogens (primary N) is 1. The molecule has 0 aliphatic rings. The van der Waals surface area contributed by atoms with Crippen molar-refractivity contribution >= 4 is 28.4 Å². The molecule has 0 saturated carbocycles. The van der Waals surface area contributed by atoms with Crippen molar-refractivity contribution in [3.05, 3.63) is 29.6 Å². The van der Waals surface area contributed by atoms with E-state index >= 15 is 0 Å². The maximum absolute atomic E-state index is 13.6. The first-order chi connectivity index (χ1) is 8.83. The summed E-state index contributed by atoms with van der Waals surface area (Å²) in [6, 6.07) is 2.76. The Balaban J connectivity index is 0.00000361. The van der Waals surface area contributed by atoms with Crippen molar-refractivity contribution in [2.24, 2.45) is 5.73 Å². The molecule has 0 saturated heterocycles. The van der Waals surface area contributed by atoms with Crippen LogP contribution in [0.5, 0.6) is 0 Å². The first kappa shape index (κ1) is 18.8. The van der Waals surface area contributed by atoms with Crippen molar-refractivity contribution in [2.45, 2.75) is 17.9 Å². The van der Waals surface area contributed by atoms with E-state index in [9.17, 15) is 17.6 Å². The van der Waals surface area contributed by atoms with Crippen molar-refractivity contribution < 1.29 is 22.3 Å². The van der Waals surface area contributed by atoms with Crippen molar-refractivity contribution in [1.82, 2.24) is 4.72 Å². The van der Waals surface area contributed by atoms with E-state index in [-0.39, 0.29) is 19.0 Å². The summed E-state index contributed by atoms with van der Waals surface area (Å²) in [5, 5.41) is 0. The van der Waals surface area contributed by atoms with E-state index in [0.717, 1.165) is 19.2 Å². The molecule has 0 heterocycles. The third-order valence-electron chi connectivity index (χ3n) is 2.36. The summed E-state index contributed by atoms with van der Waals surface area (Å²) in [5.74, 6) is -2.02. The minimum absolute atomic E-state index is 0. The highest BCUT2D eigenvalue weighted by molar-refractivity contribution is 7.89. The first-order valence-electron chi connectivity index (χ1n) is 5.42. The Morgan fingerprint density at radius 3 is 2.60 bits per heavy atom. The van der Waals surface area contributed by atoms with Gasteiger partial charge in [-0.3, -0.25) is 0 Å². The van der Waals surface area contributed by atoms with E-state index in [0.29, 0.717) is 0 Å². The van der Waals surface area contributed by atoms with Gasteiger partial charge in [-0.15, -0.1) is 12.4 Å². The van der Waals surface area contributed by atoms with Gasteiger partial charge in [0, 0.05) is 12.6 Å². The van der Waals surface area contributed by atoms with E-state index in [2.05, 4.69) is 9.46 Å². The van der Waals surface area contributed by atoms with Crippen molar-refractivity contribution in [3.63, 3.8) is 0 Å². The fraction of sp³-hybridized carbons (Fsp3) is 0.364. The minimum Gasteiger partial charge on any atom is -0.465 e. The van der Waals surface area contributed by atoms with Gasteiger partial charge in [-0.05, 0) is 19.1 Å². The van der Waals surface area contributed by atoms with Crippen LogP contribution in [0.3, 0.4) is 0 Å². The van der Waals surface area contributed by atoms with Crippen LogP contribution in [0.15, 0.2) is 23.1 Å². The average Bonchev–Trinajstić information content (AvgIpc) is 2.36. The van der Waals surface area contributed by atoms with Crippen LogP contribution in [0.25, 0.3) is 0 Å². The number of esters is 1. The molecule has 0 radical (unpaired) electrons. The summed E-state index contributed by atoms with van der Waals surface area (Å²) in [6.45, 7) is 1.62.